The molecule has 1 aromatic heterocycles. The average molecular weight is 393 g/mol. The van der Waals surface area contributed by atoms with Crippen LogP contribution in [0.15, 0.2) is 42.0 Å². The number of aryl methyl sites for hydroxylation is 1. The first-order valence-corrected chi connectivity index (χ1v) is 9.96. The third-order valence-corrected chi connectivity index (χ3v) is 4.65. The molecule has 7 heteroatoms. The van der Waals surface area contributed by atoms with Gasteiger partial charge in [0.25, 0.3) is 5.91 Å². The molecular formula is C22H27N5O2. The Morgan fingerprint density at radius 1 is 1.07 bits per heavy atom. The van der Waals surface area contributed by atoms with Gasteiger partial charge in [-0.2, -0.15) is 0 Å². The summed E-state index contributed by atoms with van der Waals surface area (Å²) in [5.41, 5.74) is 2.98. The summed E-state index contributed by atoms with van der Waals surface area (Å²) in [5, 5.41) is 8.82. The van der Waals surface area contributed by atoms with E-state index in [-0.39, 0.29) is 11.8 Å². The molecule has 1 aromatic carbocycles. The van der Waals surface area contributed by atoms with Crippen LogP contribution in [0.25, 0.3) is 0 Å². The number of aromatic nitrogens is 2. The zero-order valence-corrected chi connectivity index (χ0v) is 16.9. The highest BCUT2D eigenvalue weighted by Gasteiger charge is 2.12. The minimum atomic E-state index is -0.325. The highest BCUT2D eigenvalue weighted by Crippen LogP contribution is 2.20. The fourth-order valence-electron chi connectivity index (χ4n) is 3.33. The van der Waals surface area contributed by atoms with Crippen molar-refractivity contribution < 1.29 is 9.59 Å². The van der Waals surface area contributed by atoms with E-state index in [2.05, 4.69) is 32.0 Å². The van der Waals surface area contributed by atoms with Crippen LogP contribution in [0, 0.1) is 6.92 Å². The van der Waals surface area contributed by atoms with E-state index in [9.17, 15) is 9.59 Å². The van der Waals surface area contributed by atoms with E-state index in [4.69, 9.17) is 0 Å². The number of nitrogens with zero attached hydrogens (tertiary/aromatic N) is 2. The molecule has 152 valence electrons. The first-order valence-electron chi connectivity index (χ1n) is 9.96. The molecule has 0 unspecified atom stereocenters. The first kappa shape index (κ1) is 20.5. The smallest absolute Gasteiger partial charge is 0.274 e. The fraction of sp³-hybridized carbons (Fsp3) is 0.364. The van der Waals surface area contributed by atoms with Crippen LogP contribution in [-0.4, -0.2) is 28.3 Å². The lowest BCUT2D eigenvalue weighted by molar-refractivity contribution is -0.114. The van der Waals surface area contributed by atoms with E-state index in [0.29, 0.717) is 28.7 Å². The van der Waals surface area contributed by atoms with Gasteiger partial charge >= 0.3 is 0 Å². The maximum Gasteiger partial charge on any atom is 0.274 e. The van der Waals surface area contributed by atoms with Gasteiger partial charge in [-0.1, -0.05) is 17.7 Å². The molecule has 0 bridgehead atoms. The number of nitrogens with one attached hydrogen (secondary N) is 3. The SMILES string of the molecule is CC(=O)Nc1cccc(NC(=O)c2cc(NCCC3=CCCCC3)nc(C)n2)c1. The lowest BCUT2D eigenvalue weighted by Crippen LogP contribution is -2.16. The molecule has 0 fully saturated rings. The summed E-state index contributed by atoms with van der Waals surface area (Å²) in [5.74, 6) is 0.684. The standard InChI is InChI=1S/C22H27N5O2/c1-15-24-20(14-21(25-15)23-12-11-17-7-4-3-5-8-17)22(29)27-19-10-6-9-18(13-19)26-16(2)28/h6-7,9-10,13-14H,3-5,8,11-12H2,1-2H3,(H,26,28)(H,27,29)(H,23,24,25). The van der Waals surface area contributed by atoms with Crippen LogP contribution in [0.4, 0.5) is 17.2 Å². The Kier molecular flexibility index (Phi) is 6.94. The van der Waals surface area contributed by atoms with Crippen molar-refractivity contribution in [3.8, 4) is 0 Å². The number of hydrogen-bond acceptors (Lipinski definition) is 5. The summed E-state index contributed by atoms with van der Waals surface area (Å²) < 4.78 is 0. The summed E-state index contributed by atoms with van der Waals surface area (Å²) in [4.78, 5) is 32.5. The first-order chi connectivity index (χ1) is 14.0. The Bertz CT molecular complexity index is 923. The molecule has 7 nitrogen and oxygen atoms in total. The molecule has 0 aliphatic heterocycles. The summed E-state index contributed by atoms with van der Waals surface area (Å²) in [7, 11) is 0. The third-order valence-electron chi connectivity index (χ3n) is 4.65. The molecule has 0 saturated heterocycles. The molecular weight excluding hydrogens is 366 g/mol. The van der Waals surface area contributed by atoms with Gasteiger partial charge in [0.15, 0.2) is 0 Å². The van der Waals surface area contributed by atoms with Crippen LogP contribution < -0.4 is 16.0 Å². The number of hydrogen-bond donors (Lipinski definition) is 3. The molecule has 3 rings (SSSR count). The van der Waals surface area contributed by atoms with E-state index in [1.165, 1.54) is 38.2 Å². The largest absolute Gasteiger partial charge is 0.370 e. The van der Waals surface area contributed by atoms with Crippen LogP contribution in [0.2, 0.25) is 0 Å². The fourth-order valence-corrected chi connectivity index (χ4v) is 3.33. The third kappa shape index (κ3) is 6.41. The van der Waals surface area contributed by atoms with Gasteiger partial charge in [-0.25, -0.2) is 9.97 Å². The van der Waals surface area contributed by atoms with Crippen LogP contribution in [0.1, 0.15) is 55.3 Å². The zero-order valence-electron chi connectivity index (χ0n) is 16.9. The van der Waals surface area contributed by atoms with E-state index in [1.807, 2.05) is 0 Å². The minimum Gasteiger partial charge on any atom is -0.370 e. The van der Waals surface area contributed by atoms with Crippen molar-refractivity contribution in [2.75, 3.05) is 22.5 Å². The van der Waals surface area contributed by atoms with Gasteiger partial charge < -0.3 is 16.0 Å². The van der Waals surface area contributed by atoms with Crippen molar-refractivity contribution in [1.29, 1.82) is 0 Å². The van der Waals surface area contributed by atoms with Crippen LogP contribution in [0.3, 0.4) is 0 Å². The number of amides is 2. The number of carbonyl (C=O) groups is 2. The lowest BCUT2D eigenvalue weighted by Gasteiger charge is -2.13. The molecule has 0 saturated carbocycles. The van der Waals surface area contributed by atoms with Gasteiger partial charge in [0.05, 0.1) is 0 Å². The predicted octanol–water partition coefficient (Wildman–Crippen LogP) is 4.30. The Balaban J connectivity index is 1.63. The molecule has 2 aromatic rings. The molecule has 3 N–H and O–H groups in total. The molecule has 0 atom stereocenters. The van der Waals surface area contributed by atoms with Crippen molar-refractivity contribution in [2.24, 2.45) is 0 Å². The topological polar surface area (TPSA) is 96.0 Å². The number of carbonyl (C=O) groups excluding carboxylic acids is 2. The van der Waals surface area contributed by atoms with Gasteiger partial charge in [-0.15, -0.1) is 0 Å². The van der Waals surface area contributed by atoms with E-state index < -0.39 is 0 Å². The van der Waals surface area contributed by atoms with Crippen LogP contribution in [0.5, 0.6) is 0 Å². The van der Waals surface area contributed by atoms with Crippen molar-refractivity contribution in [3.05, 3.63) is 53.5 Å². The molecule has 0 radical (unpaired) electrons. The number of rotatable bonds is 7. The van der Waals surface area contributed by atoms with Crippen molar-refractivity contribution >= 4 is 29.0 Å². The Hall–Kier alpha value is -3.22. The van der Waals surface area contributed by atoms with E-state index in [0.717, 1.165) is 13.0 Å². The van der Waals surface area contributed by atoms with E-state index in [1.54, 1.807) is 37.3 Å². The predicted molar refractivity (Wildman–Crippen MR) is 115 cm³/mol. The molecule has 1 aliphatic carbocycles. The minimum absolute atomic E-state index is 0.167. The quantitative estimate of drug-likeness (QED) is 0.610. The molecule has 1 heterocycles. The van der Waals surface area contributed by atoms with Gasteiger partial charge in [0, 0.05) is 30.9 Å². The Labute approximate surface area is 171 Å². The maximum atomic E-state index is 12.6. The molecule has 2 amide bonds. The molecule has 1 aliphatic rings. The Morgan fingerprint density at radius 3 is 2.59 bits per heavy atom. The summed E-state index contributed by atoms with van der Waals surface area (Å²) in [6.07, 6.45) is 8.23. The average Bonchev–Trinajstić information content (AvgIpc) is 2.68. The van der Waals surface area contributed by atoms with Crippen molar-refractivity contribution in [3.63, 3.8) is 0 Å². The zero-order chi connectivity index (χ0) is 20.6. The van der Waals surface area contributed by atoms with Gasteiger partial charge in [0.1, 0.15) is 17.3 Å². The van der Waals surface area contributed by atoms with Crippen molar-refractivity contribution in [1.82, 2.24) is 9.97 Å². The highest BCUT2D eigenvalue weighted by atomic mass is 16.2. The summed E-state index contributed by atoms with van der Waals surface area (Å²) in [6, 6.07) is 8.64. The number of allylic oxidation sites excluding steroid dienone is 1. The monoisotopic (exact) mass is 393 g/mol. The van der Waals surface area contributed by atoms with Crippen LogP contribution >= 0.6 is 0 Å². The summed E-state index contributed by atoms with van der Waals surface area (Å²) >= 11 is 0. The van der Waals surface area contributed by atoms with Crippen molar-refractivity contribution in [2.45, 2.75) is 46.0 Å². The lowest BCUT2D eigenvalue weighted by atomic mass is 9.97. The molecule has 29 heavy (non-hydrogen) atoms. The van der Waals surface area contributed by atoms with Gasteiger partial charge in [-0.3, -0.25) is 9.59 Å². The summed E-state index contributed by atoms with van der Waals surface area (Å²) in [6.45, 7) is 3.99. The highest BCUT2D eigenvalue weighted by molar-refractivity contribution is 6.03. The van der Waals surface area contributed by atoms with Crippen LogP contribution in [-0.2, 0) is 4.79 Å². The number of benzene rings is 1. The van der Waals surface area contributed by atoms with E-state index >= 15 is 0 Å². The normalized spacial score (nSPS) is 13.4. The maximum absolute atomic E-state index is 12.6. The second-order valence-corrected chi connectivity index (χ2v) is 7.19. The number of anilines is 3. The second-order valence-electron chi connectivity index (χ2n) is 7.19. The second kappa shape index (κ2) is 9.82. The van der Waals surface area contributed by atoms with Gasteiger partial charge in [0.2, 0.25) is 5.91 Å². The Morgan fingerprint density at radius 2 is 1.86 bits per heavy atom. The molecule has 0 spiro atoms. The van der Waals surface area contributed by atoms with Gasteiger partial charge in [-0.05, 0) is 57.2 Å².